The molecule has 102 valence electrons. The molecule has 7 heteroatoms. The number of amides is 2. The number of carbonyl (C=O) groups is 1. The molecule has 17 heavy (non-hydrogen) atoms. The summed E-state index contributed by atoms with van der Waals surface area (Å²) in [6, 6.07) is -0.507. The fourth-order valence-electron chi connectivity index (χ4n) is 1.52. The van der Waals surface area contributed by atoms with Gasteiger partial charge in [-0.25, -0.2) is 0 Å². The molecule has 0 saturated heterocycles. The van der Waals surface area contributed by atoms with Crippen LogP contribution in [0.5, 0.6) is 0 Å². The van der Waals surface area contributed by atoms with Crippen LogP contribution >= 0.6 is 0 Å². The predicted molar refractivity (Wildman–Crippen MR) is 61.9 cm³/mol. The second kappa shape index (κ2) is 9.85. The standard InChI is InChI=1S/C4H9N2O.3C2H5O.Ti/c1-2-3-6-4(5)7;3*1-2-3;/h1-3H2,(H3,5,6,7);3*2H2,1H3;/q;3*-1;+3. The van der Waals surface area contributed by atoms with Crippen molar-refractivity contribution < 1.29 is 32.5 Å². The van der Waals surface area contributed by atoms with E-state index in [9.17, 15) is 4.79 Å². The van der Waals surface area contributed by atoms with Gasteiger partial charge in [0, 0.05) is 0 Å². The molecule has 0 aromatic heterocycles. The third-order valence-electron chi connectivity index (χ3n) is 2.05. The number of hydrogen-bond acceptors (Lipinski definition) is 4. The van der Waals surface area contributed by atoms with Gasteiger partial charge < -0.3 is 0 Å². The molecule has 0 aliphatic heterocycles. The van der Waals surface area contributed by atoms with E-state index in [1.807, 2.05) is 20.8 Å². The van der Waals surface area contributed by atoms with Gasteiger partial charge in [0.1, 0.15) is 0 Å². The molecule has 2 amide bonds. The molecule has 0 unspecified atom stereocenters. The molecule has 0 radical (unpaired) electrons. The van der Waals surface area contributed by atoms with E-state index in [1.165, 1.54) is 0 Å². The van der Waals surface area contributed by atoms with Gasteiger partial charge in [-0.15, -0.1) is 0 Å². The molecular formula is C10H24N2O4Ti. The van der Waals surface area contributed by atoms with Crippen LogP contribution < -0.4 is 11.1 Å². The summed E-state index contributed by atoms with van der Waals surface area (Å²) >= 11 is -3.10. The van der Waals surface area contributed by atoms with Crippen molar-refractivity contribution in [2.45, 2.75) is 31.9 Å². The number of rotatable bonds is 10. The van der Waals surface area contributed by atoms with Crippen LogP contribution in [0.2, 0.25) is 4.73 Å². The molecule has 0 saturated carbocycles. The Morgan fingerprint density at radius 1 is 1.12 bits per heavy atom. The predicted octanol–water partition coefficient (Wildman–Crippen LogP) is 1.47. The average molecular weight is 284 g/mol. The van der Waals surface area contributed by atoms with Crippen LogP contribution in [0.3, 0.4) is 0 Å². The number of primary amides is 1. The zero-order valence-corrected chi connectivity index (χ0v) is 12.5. The van der Waals surface area contributed by atoms with Crippen LogP contribution in [0.4, 0.5) is 4.79 Å². The Balaban J connectivity index is 4.18. The quantitative estimate of drug-likeness (QED) is 0.470. The van der Waals surface area contributed by atoms with Crippen molar-refractivity contribution >= 4 is 6.03 Å². The van der Waals surface area contributed by atoms with E-state index >= 15 is 0 Å². The van der Waals surface area contributed by atoms with E-state index in [1.54, 1.807) is 0 Å². The fourth-order valence-corrected chi connectivity index (χ4v) is 5.60. The summed E-state index contributed by atoms with van der Waals surface area (Å²) in [7, 11) is 0. The number of nitrogens with two attached hydrogens (primary N) is 1. The van der Waals surface area contributed by atoms with E-state index in [-0.39, 0.29) is 0 Å². The summed E-state index contributed by atoms with van der Waals surface area (Å²) in [5.74, 6) is 0. The molecule has 3 N–H and O–H groups in total. The normalized spacial score (nSPS) is 11.5. The average Bonchev–Trinajstić information content (AvgIpc) is 2.25. The first-order valence-corrected chi connectivity index (χ1v) is 9.07. The van der Waals surface area contributed by atoms with Gasteiger partial charge in [0.15, 0.2) is 0 Å². The fraction of sp³-hybridized carbons (Fsp3) is 0.900. The van der Waals surface area contributed by atoms with E-state index in [2.05, 4.69) is 5.32 Å². The molecular weight excluding hydrogens is 260 g/mol. The summed E-state index contributed by atoms with van der Waals surface area (Å²) in [5.41, 5.74) is 4.99. The van der Waals surface area contributed by atoms with Gasteiger partial charge in [0.25, 0.3) is 0 Å². The van der Waals surface area contributed by atoms with Gasteiger partial charge in [0.05, 0.1) is 0 Å². The first kappa shape index (κ1) is 16.9. The molecule has 6 nitrogen and oxygen atoms in total. The third kappa shape index (κ3) is 7.73. The van der Waals surface area contributed by atoms with Gasteiger partial charge in [-0.2, -0.15) is 0 Å². The molecule has 0 rings (SSSR count). The van der Waals surface area contributed by atoms with Crippen LogP contribution in [0.1, 0.15) is 27.2 Å². The topological polar surface area (TPSA) is 82.8 Å². The molecule has 0 aliphatic rings. The van der Waals surface area contributed by atoms with Gasteiger partial charge in [-0.05, 0) is 0 Å². The summed E-state index contributed by atoms with van der Waals surface area (Å²) in [6.07, 6.45) is 0.753. The minimum absolute atomic E-state index is 0.507. The van der Waals surface area contributed by atoms with E-state index in [0.717, 1.165) is 11.1 Å². The summed E-state index contributed by atoms with van der Waals surface area (Å²) in [4.78, 5) is 10.5. The Bertz CT molecular complexity index is 199. The maximum absolute atomic E-state index is 10.5. The zero-order valence-electron chi connectivity index (χ0n) is 11.0. The van der Waals surface area contributed by atoms with Crippen LogP contribution in [0.15, 0.2) is 0 Å². The van der Waals surface area contributed by atoms with Crippen LogP contribution in [-0.2, 0) is 27.7 Å². The van der Waals surface area contributed by atoms with Gasteiger partial charge in [0.2, 0.25) is 0 Å². The van der Waals surface area contributed by atoms with Crippen molar-refractivity contribution in [3.8, 4) is 0 Å². The molecule has 0 aliphatic carbocycles. The summed E-state index contributed by atoms with van der Waals surface area (Å²) < 4.78 is 17.9. The van der Waals surface area contributed by atoms with Crippen LogP contribution in [-0.4, -0.2) is 32.4 Å². The molecule has 0 heterocycles. The first-order chi connectivity index (χ1) is 8.10. The maximum atomic E-state index is 10.5. The Hall–Kier alpha value is -0.136. The van der Waals surface area contributed by atoms with Crippen molar-refractivity contribution in [3.05, 3.63) is 0 Å². The third-order valence-corrected chi connectivity index (χ3v) is 6.97. The molecule has 0 spiro atoms. The van der Waals surface area contributed by atoms with Gasteiger partial charge >= 0.3 is 108 Å². The second-order valence-corrected chi connectivity index (χ2v) is 7.64. The van der Waals surface area contributed by atoms with Crippen LogP contribution in [0, 0.1) is 0 Å². The monoisotopic (exact) mass is 284 g/mol. The number of carbonyl (C=O) groups excluding carboxylic acids is 1. The zero-order chi connectivity index (χ0) is 13.1. The number of nitrogens with one attached hydrogen (secondary N) is 1. The van der Waals surface area contributed by atoms with Gasteiger partial charge in [-0.1, -0.05) is 0 Å². The summed E-state index contributed by atoms with van der Waals surface area (Å²) in [6.45, 7) is 8.07. The minimum atomic E-state index is -3.10. The van der Waals surface area contributed by atoms with Crippen molar-refractivity contribution in [3.63, 3.8) is 0 Å². The van der Waals surface area contributed by atoms with E-state index < -0.39 is 23.8 Å². The van der Waals surface area contributed by atoms with Gasteiger partial charge in [-0.3, -0.25) is 0 Å². The van der Waals surface area contributed by atoms with Crippen molar-refractivity contribution in [2.75, 3.05) is 26.4 Å². The van der Waals surface area contributed by atoms with Crippen molar-refractivity contribution in [2.24, 2.45) is 5.73 Å². The molecule has 0 aromatic rings. The molecule has 0 aromatic carbocycles. The van der Waals surface area contributed by atoms with E-state index in [4.69, 9.17) is 15.7 Å². The second-order valence-electron chi connectivity index (χ2n) is 3.38. The molecule has 0 atom stereocenters. The molecule has 0 bridgehead atoms. The van der Waals surface area contributed by atoms with Crippen molar-refractivity contribution in [1.29, 1.82) is 0 Å². The molecule has 0 fully saturated rings. The van der Waals surface area contributed by atoms with Crippen molar-refractivity contribution in [1.82, 2.24) is 5.32 Å². The number of urea groups is 1. The Labute approximate surface area is 108 Å². The SMILES string of the molecule is CC[O][Ti]([CH2]CCNC(N)=O)([O]CC)[O]CC. The Morgan fingerprint density at radius 2 is 1.59 bits per heavy atom. The Morgan fingerprint density at radius 3 is 1.94 bits per heavy atom. The first-order valence-electron chi connectivity index (χ1n) is 6.05. The number of hydrogen-bond donors (Lipinski definition) is 2. The van der Waals surface area contributed by atoms with E-state index in [0.29, 0.717) is 26.4 Å². The summed E-state index contributed by atoms with van der Waals surface area (Å²) in [5, 5.41) is 2.55. The Kier molecular flexibility index (Phi) is 9.77. The van der Waals surface area contributed by atoms with Crippen LogP contribution in [0.25, 0.3) is 0 Å².